The highest BCUT2D eigenvalue weighted by Crippen LogP contribution is 2.31. The van der Waals surface area contributed by atoms with E-state index < -0.39 is 0 Å². The predicted octanol–water partition coefficient (Wildman–Crippen LogP) is 4.08. The van der Waals surface area contributed by atoms with Gasteiger partial charge in [0, 0.05) is 17.4 Å². The van der Waals surface area contributed by atoms with Gasteiger partial charge in [-0.1, -0.05) is 48.8 Å². The van der Waals surface area contributed by atoms with Crippen LogP contribution in [-0.2, 0) is 12.8 Å². The molecule has 0 aliphatic carbocycles. The zero-order valence-electron chi connectivity index (χ0n) is 11.5. The van der Waals surface area contributed by atoms with E-state index in [1.165, 1.54) is 5.56 Å². The number of phenols is 1. The Morgan fingerprint density at radius 3 is 2.65 bits per heavy atom. The minimum Gasteiger partial charge on any atom is -0.508 e. The smallest absolute Gasteiger partial charge is 0.174 e. The number of hydrogen-bond donors (Lipinski definition) is 1. The normalized spacial score (nSPS) is 11.1. The SMILES string of the molecule is CCCc1c(O)ccc2c(Cc3ccccc3)noc12. The van der Waals surface area contributed by atoms with Crippen LogP contribution in [-0.4, -0.2) is 10.3 Å². The van der Waals surface area contributed by atoms with E-state index in [-0.39, 0.29) is 0 Å². The summed E-state index contributed by atoms with van der Waals surface area (Å²) in [5, 5.41) is 15.1. The highest BCUT2D eigenvalue weighted by molar-refractivity contribution is 5.84. The third kappa shape index (κ3) is 2.27. The van der Waals surface area contributed by atoms with Gasteiger partial charge >= 0.3 is 0 Å². The fraction of sp³-hybridized carbons (Fsp3) is 0.235. The van der Waals surface area contributed by atoms with Crippen LogP contribution >= 0.6 is 0 Å². The Kier molecular flexibility index (Phi) is 3.42. The van der Waals surface area contributed by atoms with Crippen LogP contribution in [0.25, 0.3) is 11.0 Å². The fourth-order valence-corrected chi connectivity index (χ4v) is 2.51. The zero-order chi connectivity index (χ0) is 13.9. The minimum absolute atomic E-state index is 0.293. The molecule has 0 radical (unpaired) electrons. The molecule has 2 aromatic carbocycles. The lowest BCUT2D eigenvalue weighted by Gasteiger charge is -2.03. The summed E-state index contributed by atoms with van der Waals surface area (Å²) in [7, 11) is 0. The Bertz CT molecular complexity index is 716. The summed E-state index contributed by atoms with van der Waals surface area (Å²) in [6, 6.07) is 13.8. The van der Waals surface area contributed by atoms with E-state index in [2.05, 4.69) is 24.2 Å². The molecule has 102 valence electrons. The molecule has 1 aromatic heterocycles. The maximum absolute atomic E-state index is 9.95. The van der Waals surface area contributed by atoms with Gasteiger partial charge in [0.2, 0.25) is 0 Å². The first-order valence-electron chi connectivity index (χ1n) is 6.92. The van der Waals surface area contributed by atoms with Crippen molar-refractivity contribution < 1.29 is 9.63 Å². The van der Waals surface area contributed by atoms with Crippen LogP contribution in [0.15, 0.2) is 47.0 Å². The Morgan fingerprint density at radius 2 is 1.90 bits per heavy atom. The molecule has 0 atom stereocenters. The van der Waals surface area contributed by atoms with Crippen molar-refractivity contribution in [1.82, 2.24) is 5.16 Å². The van der Waals surface area contributed by atoms with Crippen molar-refractivity contribution >= 4 is 11.0 Å². The molecule has 0 aliphatic rings. The molecule has 0 fully saturated rings. The van der Waals surface area contributed by atoms with Crippen LogP contribution in [0, 0.1) is 0 Å². The molecule has 20 heavy (non-hydrogen) atoms. The van der Waals surface area contributed by atoms with Crippen LogP contribution in [0.4, 0.5) is 0 Å². The van der Waals surface area contributed by atoms with Crippen LogP contribution < -0.4 is 0 Å². The number of phenolic OH excluding ortho intramolecular Hbond substituents is 1. The zero-order valence-corrected chi connectivity index (χ0v) is 11.5. The summed E-state index contributed by atoms with van der Waals surface area (Å²) < 4.78 is 5.48. The first-order chi connectivity index (χ1) is 9.79. The number of fused-ring (bicyclic) bond motifs is 1. The van der Waals surface area contributed by atoms with Crippen LogP contribution in [0.5, 0.6) is 5.75 Å². The summed E-state index contributed by atoms with van der Waals surface area (Å²) in [6.07, 6.45) is 2.49. The molecule has 3 aromatic rings. The number of aromatic hydroxyl groups is 1. The van der Waals surface area contributed by atoms with Gasteiger partial charge in [0.1, 0.15) is 5.75 Å². The van der Waals surface area contributed by atoms with E-state index in [1.54, 1.807) is 6.07 Å². The van der Waals surface area contributed by atoms with Gasteiger partial charge in [-0.25, -0.2) is 0 Å². The van der Waals surface area contributed by atoms with E-state index in [0.717, 1.165) is 41.5 Å². The number of nitrogens with zero attached hydrogens (tertiary/aromatic N) is 1. The topological polar surface area (TPSA) is 46.3 Å². The largest absolute Gasteiger partial charge is 0.508 e. The molecule has 3 heteroatoms. The summed E-state index contributed by atoms with van der Waals surface area (Å²) in [6.45, 7) is 2.08. The van der Waals surface area contributed by atoms with E-state index in [4.69, 9.17) is 4.52 Å². The van der Waals surface area contributed by atoms with Gasteiger partial charge in [0.15, 0.2) is 5.58 Å². The van der Waals surface area contributed by atoms with Crippen molar-refractivity contribution in [2.24, 2.45) is 0 Å². The lowest BCUT2D eigenvalue weighted by atomic mass is 10.0. The molecular formula is C17H17NO2. The van der Waals surface area contributed by atoms with Gasteiger partial charge in [-0.15, -0.1) is 0 Å². The lowest BCUT2D eigenvalue weighted by Crippen LogP contribution is -1.89. The van der Waals surface area contributed by atoms with Gasteiger partial charge in [-0.2, -0.15) is 0 Å². The Labute approximate surface area is 117 Å². The van der Waals surface area contributed by atoms with Crippen LogP contribution in [0.2, 0.25) is 0 Å². The number of rotatable bonds is 4. The number of hydrogen-bond acceptors (Lipinski definition) is 3. The molecule has 0 saturated heterocycles. The van der Waals surface area contributed by atoms with Gasteiger partial charge in [-0.05, 0) is 24.1 Å². The molecular weight excluding hydrogens is 250 g/mol. The molecule has 1 N–H and O–H groups in total. The van der Waals surface area contributed by atoms with E-state index in [9.17, 15) is 5.11 Å². The molecule has 0 unspecified atom stereocenters. The van der Waals surface area contributed by atoms with Gasteiger partial charge in [0.05, 0.1) is 5.69 Å². The summed E-state index contributed by atoms with van der Waals surface area (Å²) >= 11 is 0. The van der Waals surface area contributed by atoms with Gasteiger partial charge < -0.3 is 9.63 Å². The van der Waals surface area contributed by atoms with E-state index in [0.29, 0.717) is 5.75 Å². The second-order valence-corrected chi connectivity index (χ2v) is 4.98. The molecule has 0 saturated carbocycles. The first-order valence-corrected chi connectivity index (χ1v) is 6.92. The standard InChI is InChI=1S/C17H17NO2/c1-2-6-14-16(19)10-9-13-15(18-20-17(13)14)11-12-7-4-3-5-8-12/h3-5,7-10,19H,2,6,11H2,1H3. The number of aryl methyl sites for hydroxylation is 1. The van der Waals surface area contributed by atoms with Crippen molar-refractivity contribution in [3.63, 3.8) is 0 Å². The maximum Gasteiger partial charge on any atom is 0.174 e. The average molecular weight is 267 g/mol. The van der Waals surface area contributed by atoms with Gasteiger partial charge in [0.25, 0.3) is 0 Å². The van der Waals surface area contributed by atoms with Crippen molar-refractivity contribution in [2.75, 3.05) is 0 Å². The highest BCUT2D eigenvalue weighted by atomic mass is 16.5. The van der Waals surface area contributed by atoms with E-state index >= 15 is 0 Å². The monoisotopic (exact) mass is 267 g/mol. The quantitative estimate of drug-likeness (QED) is 0.774. The second kappa shape index (κ2) is 5.37. The lowest BCUT2D eigenvalue weighted by molar-refractivity contribution is 0.436. The molecule has 1 heterocycles. The summed E-state index contributed by atoms with van der Waals surface area (Å²) in [5.41, 5.74) is 3.70. The molecule has 3 rings (SSSR count). The molecule has 0 amide bonds. The Balaban J connectivity index is 2.04. The van der Waals surface area contributed by atoms with Gasteiger partial charge in [-0.3, -0.25) is 0 Å². The molecule has 0 bridgehead atoms. The van der Waals surface area contributed by atoms with Crippen molar-refractivity contribution in [2.45, 2.75) is 26.2 Å². The van der Waals surface area contributed by atoms with Crippen molar-refractivity contribution in [1.29, 1.82) is 0 Å². The fourth-order valence-electron chi connectivity index (χ4n) is 2.51. The van der Waals surface area contributed by atoms with Crippen molar-refractivity contribution in [3.05, 3.63) is 59.3 Å². The minimum atomic E-state index is 0.293. The van der Waals surface area contributed by atoms with Crippen LogP contribution in [0.1, 0.15) is 30.2 Å². The first kappa shape index (κ1) is 12.7. The Hall–Kier alpha value is -2.29. The Morgan fingerprint density at radius 1 is 1.10 bits per heavy atom. The molecule has 0 spiro atoms. The maximum atomic E-state index is 9.95. The number of aromatic nitrogens is 1. The molecule has 3 nitrogen and oxygen atoms in total. The highest BCUT2D eigenvalue weighted by Gasteiger charge is 2.15. The third-order valence-corrected chi connectivity index (χ3v) is 3.51. The average Bonchev–Trinajstić information content (AvgIpc) is 2.86. The summed E-state index contributed by atoms with van der Waals surface area (Å²) in [5.74, 6) is 0.293. The van der Waals surface area contributed by atoms with Crippen molar-refractivity contribution in [3.8, 4) is 5.75 Å². The second-order valence-electron chi connectivity index (χ2n) is 4.98. The molecule has 0 aliphatic heterocycles. The third-order valence-electron chi connectivity index (χ3n) is 3.51. The number of benzene rings is 2. The van der Waals surface area contributed by atoms with Crippen LogP contribution in [0.3, 0.4) is 0 Å². The predicted molar refractivity (Wildman–Crippen MR) is 78.9 cm³/mol. The summed E-state index contributed by atoms with van der Waals surface area (Å²) in [4.78, 5) is 0. The van der Waals surface area contributed by atoms with E-state index in [1.807, 2.05) is 24.3 Å².